The van der Waals surface area contributed by atoms with Crippen molar-refractivity contribution >= 4 is 23.3 Å². The molecule has 0 aliphatic carbocycles. The molecule has 0 fully saturated rings. The molecule has 2 N–H and O–H groups in total. The molecule has 0 saturated carbocycles. The van der Waals surface area contributed by atoms with Crippen molar-refractivity contribution in [3.05, 3.63) is 84.1 Å². The van der Waals surface area contributed by atoms with Gasteiger partial charge in [-0.3, -0.25) is 4.79 Å². The Hall–Kier alpha value is -3.61. The minimum atomic E-state index is -1.11. The lowest BCUT2D eigenvalue weighted by Crippen LogP contribution is -2.30. The van der Waals surface area contributed by atoms with Gasteiger partial charge < -0.3 is 19.8 Å². The van der Waals surface area contributed by atoms with Gasteiger partial charge in [0.15, 0.2) is 6.10 Å². The molecule has 1 amide bonds. The summed E-state index contributed by atoms with van der Waals surface area (Å²) in [5.74, 6) is -1.15. The minimum absolute atomic E-state index is 0.0240. The average Bonchev–Trinajstić information content (AvgIpc) is 3.22. The van der Waals surface area contributed by atoms with Crippen LogP contribution >= 0.6 is 0 Å². The third-order valence-electron chi connectivity index (χ3n) is 3.96. The number of anilines is 2. The molecule has 1 heterocycles. The number of esters is 1. The van der Waals surface area contributed by atoms with Gasteiger partial charge in [0.1, 0.15) is 11.6 Å². The second-order valence-corrected chi connectivity index (χ2v) is 6.00. The molecule has 0 bridgehead atoms. The normalized spacial score (nSPS) is 11.5. The van der Waals surface area contributed by atoms with Crippen molar-refractivity contribution in [1.29, 1.82) is 0 Å². The highest BCUT2D eigenvalue weighted by atomic mass is 19.1. The van der Waals surface area contributed by atoms with E-state index in [2.05, 4.69) is 10.6 Å². The summed E-state index contributed by atoms with van der Waals surface area (Å²) in [6, 6.07) is 16.1. The van der Waals surface area contributed by atoms with Crippen LogP contribution in [0.15, 0.2) is 71.3 Å². The van der Waals surface area contributed by atoms with Crippen LogP contribution in [0.3, 0.4) is 0 Å². The predicted octanol–water partition coefficient (Wildman–Crippen LogP) is 4.21. The van der Waals surface area contributed by atoms with Crippen LogP contribution in [0.2, 0.25) is 0 Å². The zero-order chi connectivity index (χ0) is 19.9. The van der Waals surface area contributed by atoms with Gasteiger partial charge >= 0.3 is 5.97 Å². The van der Waals surface area contributed by atoms with E-state index >= 15 is 0 Å². The molecule has 1 aromatic heterocycles. The Morgan fingerprint density at radius 3 is 2.46 bits per heavy atom. The first-order chi connectivity index (χ1) is 13.5. The lowest BCUT2D eigenvalue weighted by Gasteiger charge is -2.15. The molecule has 28 heavy (non-hydrogen) atoms. The molecule has 6 nitrogen and oxygen atoms in total. The number of rotatable bonds is 7. The number of carbonyl (C=O) groups is 2. The van der Waals surface area contributed by atoms with Gasteiger partial charge in [0.2, 0.25) is 0 Å². The van der Waals surface area contributed by atoms with Crippen LogP contribution in [0.5, 0.6) is 0 Å². The van der Waals surface area contributed by atoms with Crippen molar-refractivity contribution in [3.8, 4) is 0 Å². The molecule has 0 spiro atoms. The number of hydrogen-bond donors (Lipinski definition) is 2. The molecule has 3 aromatic rings. The van der Waals surface area contributed by atoms with Crippen LogP contribution in [-0.2, 0) is 16.1 Å². The summed E-state index contributed by atoms with van der Waals surface area (Å²) in [6.45, 7) is 1.81. The van der Waals surface area contributed by atoms with Crippen LogP contribution in [-0.4, -0.2) is 18.0 Å². The summed E-state index contributed by atoms with van der Waals surface area (Å²) in [4.78, 5) is 24.7. The smallest absolute Gasteiger partial charge is 0.341 e. The van der Waals surface area contributed by atoms with Crippen molar-refractivity contribution in [2.24, 2.45) is 0 Å². The number of amides is 1. The maximum absolute atomic E-state index is 13.7. The van der Waals surface area contributed by atoms with E-state index in [0.29, 0.717) is 18.0 Å². The van der Waals surface area contributed by atoms with Crippen molar-refractivity contribution in [2.45, 2.75) is 19.6 Å². The number of nitrogens with one attached hydrogen (secondary N) is 2. The molecular weight excluding hydrogens is 363 g/mol. The summed E-state index contributed by atoms with van der Waals surface area (Å²) in [6.07, 6.45) is 0.456. The maximum atomic E-state index is 13.7. The summed E-state index contributed by atoms with van der Waals surface area (Å²) in [5.41, 5.74) is 0.848. The predicted molar refractivity (Wildman–Crippen MR) is 102 cm³/mol. The molecule has 0 aliphatic rings. The standard InChI is InChI=1S/C21H19FN2O4/c1-14(20(25)24-19-11-5-3-9-17(19)22)28-21(26)16-8-2-4-10-18(16)23-13-15-7-6-12-27-15/h2-12,14,23H,13H2,1H3,(H,24,25). The second kappa shape index (κ2) is 8.85. The number of para-hydroxylation sites is 2. The number of furan rings is 1. The Balaban J connectivity index is 1.63. The van der Waals surface area contributed by atoms with Gasteiger partial charge in [-0.05, 0) is 43.3 Å². The fraction of sp³-hybridized carbons (Fsp3) is 0.143. The number of hydrogen-bond acceptors (Lipinski definition) is 5. The van der Waals surface area contributed by atoms with E-state index in [4.69, 9.17) is 9.15 Å². The van der Waals surface area contributed by atoms with Crippen LogP contribution in [0.1, 0.15) is 23.0 Å². The lowest BCUT2D eigenvalue weighted by molar-refractivity contribution is -0.123. The fourth-order valence-electron chi connectivity index (χ4n) is 2.49. The first-order valence-corrected chi connectivity index (χ1v) is 8.66. The SMILES string of the molecule is CC(OC(=O)c1ccccc1NCc1ccco1)C(=O)Nc1ccccc1F. The topological polar surface area (TPSA) is 80.6 Å². The highest BCUT2D eigenvalue weighted by molar-refractivity contribution is 5.99. The van der Waals surface area contributed by atoms with Crippen LogP contribution < -0.4 is 10.6 Å². The van der Waals surface area contributed by atoms with Gasteiger partial charge in [-0.25, -0.2) is 9.18 Å². The molecule has 1 unspecified atom stereocenters. The first-order valence-electron chi connectivity index (χ1n) is 8.66. The first kappa shape index (κ1) is 19.2. The van der Waals surface area contributed by atoms with Gasteiger partial charge in [-0.15, -0.1) is 0 Å². The van der Waals surface area contributed by atoms with Crippen LogP contribution in [0, 0.1) is 5.82 Å². The zero-order valence-corrected chi connectivity index (χ0v) is 15.1. The highest BCUT2D eigenvalue weighted by Crippen LogP contribution is 2.19. The summed E-state index contributed by atoms with van der Waals surface area (Å²) < 4.78 is 24.2. The fourth-order valence-corrected chi connectivity index (χ4v) is 2.49. The second-order valence-electron chi connectivity index (χ2n) is 6.00. The molecular formula is C21H19FN2O4. The van der Waals surface area contributed by atoms with E-state index in [1.54, 1.807) is 42.7 Å². The van der Waals surface area contributed by atoms with E-state index in [1.807, 2.05) is 6.07 Å². The van der Waals surface area contributed by atoms with Gasteiger partial charge in [0, 0.05) is 5.69 Å². The monoisotopic (exact) mass is 382 g/mol. The summed E-state index contributed by atoms with van der Waals surface area (Å²) >= 11 is 0. The summed E-state index contributed by atoms with van der Waals surface area (Å²) in [7, 11) is 0. The minimum Gasteiger partial charge on any atom is -0.467 e. The van der Waals surface area contributed by atoms with Gasteiger partial charge in [-0.2, -0.15) is 0 Å². The lowest BCUT2D eigenvalue weighted by atomic mass is 10.1. The molecule has 0 aliphatic heterocycles. The molecule has 7 heteroatoms. The number of halogens is 1. The molecule has 144 valence electrons. The Morgan fingerprint density at radius 1 is 1.04 bits per heavy atom. The molecule has 1 atom stereocenters. The quantitative estimate of drug-likeness (QED) is 0.598. The average molecular weight is 382 g/mol. The van der Waals surface area contributed by atoms with E-state index in [-0.39, 0.29) is 11.3 Å². The zero-order valence-electron chi connectivity index (χ0n) is 15.1. The summed E-state index contributed by atoms with van der Waals surface area (Å²) in [5, 5.41) is 5.51. The van der Waals surface area contributed by atoms with E-state index in [1.165, 1.54) is 25.1 Å². The van der Waals surface area contributed by atoms with Gasteiger partial charge in [-0.1, -0.05) is 24.3 Å². The van der Waals surface area contributed by atoms with E-state index < -0.39 is 23.8 Å². The number of carbonyl (C=O) groups excluding carboxylic acids is 2. The van der Waals surface area contributed by atoms with E-state index in [0.717, 1.165) is 0 Å². The molecule has 2 aromatic carbocycles. The number of ether oxygens (including phenoxy) is 1. The molecule has 3 rings (SSSR count). The van der Waals surface area contributed by atoms with Gasteiger partial charge in [0.25, 0.3) is 5.91 Å². The largest absolute Gasteiger partial charge is 0.467 e. The van der Waals surface area contributed by atoms with Crippen molar-refractivity contribution in [1.82, 2.24) is 0 Å². The highest BCUT2D eigenvalue weighted by Gasteiger charge is 2.21. The molecule has 0 radical (unpaired) electrons. The van der Waals surface area contributed by atoms with Crippen molar-refractivity contribution in [3.63, 3.8) is 0 Å². The maximum Gasteiger partial charge on any atom is 0.341 e. The van der Waals surface area contributed by atoms with Crippen molar-refractivity contribution < 1.29 is 23.1 Å². The van der Waals surface area contributed by atoms with Gasteiger partial charge in [0.05, 0.1) is 24.1 Å². The Morgan fingerprint density at radius 2 is 1.75 bits per heavy atom. The Bertz CT molecular complexity index is 957. The van der Waals surface area contributed by atoms with E-state index in [9.17, 15) is 14.0 Å². The Labute approximate surface area is 161 Å². The third-order valence-corrected chi connectivity index (χ3v) is 3.96. The number of benzene rings is 2. The van der Waals surface area contributed by atoms with Crippen molar-refractivity contribution in [2.75, 3.05) is 10.6 Å². The third kappa shape index (κ3) is 4.76. The molecule has 0 saturated heterocycles. The van der Waals surface area contributed by atoms with Crippen LogP contribution in [0.25, 0.3) is 0 Å². The Kier molecular flexibility index (Phi) is 6.06. The van der Waals surface area contributed by atoms with Crippen LogP contribution in [0.4, 0.5) is 15.8 Å².